The average Bonchev–Trinajstić information content (AvgIpc) is 3.19. The molecule has 1 aliphatic rings. The highest BCUT2D eigenvalue weighted by Gasteiger charge is 2.45. The molecule has 0 saturated heterocycles. The Balaban J connectivity index is 1.98. The molecule has 1 aromatic rings. The minimum absolute atomic E-state index is 0.131. The fourth-order valence-electron chi connectivity index (χ4n) is 2.60. The van der Waals surface area contributed by atoms with Gasteiger partial charge in [-0.25, -0.2) is 0 Å². The van der Waals surface area contributed by atoms with E-state index in [0.29, 0.717) is 23.9 Å². The number of nitrogens with zero attached hydrogens (tertiary/aromatic N) is 1. The van der Waals surface area contributed by atoms with Crippen LogP contribution in [0.2, 0.25) is 0 Å². The number of carbonyl (C=O) groups is 1. The quantitative estimate of drug-likeness (QED) is 0.819. The maximum absolute atomic E-state index is 12.6. The Morgan fingerprint density at radius 2 is 2.05 bits per heavy atom. The molecular weight excluding hydrogens is 268 g/mol. The summed E-state index contributed by atoms with van der Waals surface area (Å²) < 4.78 is 0. The summed E-state index contributed by atoms with van der Waals surface area (Å²) in [5, 5.41) is 0. The Kier molecular flexibility index (Phi) is 4.76. The fraction of sp³-hybridized carbons (Fsp3) is 0.500. The van der Waals surface area contributed by atoms with Crippen molar-refractivity contribution in [1.29, 1.82) is 0 Å². The third-order valence-corrected chi connectivity index (χ3v) is 4.05. The largest absolute Gasteiger partial charge is 0.393 e. The maximum atomic E-state index is 12.6. The molecule has 1 aliphatic carbocycles. The summed E-state index contributed by atoms with van der Waals surface area (Å²) in [6, 6.07) is 10.5. The maximum Gasteiger partial charge on any atom is 0.226 e. The van der Waals surface area contributed by atoms with E-state index in [0.717, 1.165) is 6.42 Å². The highest BCUT2D eigenvalue weighted by atomic mass is 32.1. The minimum atomic E-state index is 0.131. The summed E-state index contributed by atoms with van der Waals surface area (Å²) in [5.41, 5.74) is 6.81. The van der Waals surface area contributed by atoms with E-state index in [-0.39, 0.29) is 17.9 Å². The van der Waals surface area contributed by atoms with E-state index < -0.39 is 0 Å². The van der Waals surface area contributed by atoms with Gasteiger partial charge in [0.1, 0.15) is 0 Å². The summed E-state index contributed by atoms with van der Waals surface area (Å²) in [6.45, 7) is 4.71. The molecule has 1 aromatic carbocycles. The van der Waals surface area contributed by atoms with Gasteiger partial charge in [-0.2, -0.15) is 0 Å². The van der Waals surface area contributed by atoms with Gasteiger partial charge in [0.25, 0.3) is 0 Å². The Morgan fingerprint density at radius 1 is 1.40 bits per heavy atom. The van der Waals surface area contributed by atoms with Crippen molar-refractivity contribution in [1.82, 2.24) is 4.90 Å². The van der Waals surface area contributed by atoms with Crippen LogP contribution in [-0.4, -0.2) is 28.4 Å². The first kappa shape index (κ1) is 15.0. The van der Waals surface area contributed by atoms with Gasteiger partial charge in [0, 0.05) is 24.9 Å². The van der Waals surface area contributed by atoms with Crippen LogP contribution in [0.4, 0.5) is 0 Å². The van der Waals surface area contributed by atoms with Crippen molar-refractivity contribution in [3.63, 3.8) is 0 Å². The first-order chi connectivity index (χ1) is 9.50. The zero-order valence-electron chi connectivity index (χ0n) is 12.1. The topological polar surface area (TPSA) is 46.3 Å². The molecule has 2 unspecified atom stereocenters. The first-order valence-electron chi connectivity index (χ1n) is 7.14. The van der Waals surface area contributed by atoms with E-state index in [4.69, 9.17) is 18.0 Å². The van der Waals surface area contributed by atoms with E-state index in [2.05, 4.69) is 12.1 Å². The van der Waals surface area contributed by atoms with Crippen molar-refractivity contribution in [2.24, 2.45) is 11.7 Å². The zero-order chi connectivity index (χ0) is 14.7. The van der Waals surface area contributed by atoms with Gasteiger partial charge in [-0.1, -0.05) is 42.5 Å². The molecule has 2 N–H and O–H groups in total. The molecule has 0 radical (unpaired) electrons. The molecule has 0 spiro atoms. The van der Waals surface area contributed by atoms with E-state index in [1.165, 1.54) is 5.56 Å². The molecule has 2 atom stereocenters. The fourth-order valence-corrected chi connectivity index (χ4v) is 2.69. The predicted molar refractivity (Wildman–Crippen MR) is 85.5 cm³/mol. The number of rotatable bonds is 6. The number of carbonyl (C=O) groups excluding carboxylic acids is 1. The number of hydrogen-bond donors (Lipinski definition) is 1. The molecule has 0 aromatic heterocycles. The van der Waals surface area contributed by atoms with Crippen LogP contribution in [0.5, 0.6) is 0 Å². The lowest BCUT2D eigenvalue weighted by atomic mass is 10.1. The van der Waals surface area contributed by atoms with Crippen molar-refractivity contribution in [3.8, 4) is 0 Å². The van der Waals surface area contributed by atoms with E-state index in [1.54, 1.807) is 0 Å². The number of amides is 1. The minimum Gasteiger partial charge on any atom is -0.393 e. The highest BCUT2D eigenvalue weighted by Crippen LogP contribution is 2.48. The summed E-state index contributed by atoms with van der Waals surface area (Å²) in [7, 11) is 0. The van der Waals surface area contributed by atoms with Crippen molar-refractivity contribution in [2.75, 3.05) is 6.54 Å². The lowest BCUT2D eigenvalue weighted by Gasteiger charge is -2.27. The molecule has 1 amide bonds. The van der Waals surface area contributed by atoms with Gasteiger partial charge in [0.2, 0.25) is 5.91 Å². The van der Waals surface area contributed by atoms with Crippen LogP contribution in [0.3, 0.4) is 0 Å². The van der Waals surface area contributed by atoms with Gasteiger partial charge in [0.15, 0.2) is 0 Å². The van der Waals surface area contributed by atoms with Gasteiger partial charge < -0.3 is 10.6 Å². The monoisotopic (exact) mass is 290 g/mol. The van der Waals surface area contributed by atoms with E-state index in [1.807, 2.05) is 36.9 Å². The second-order valence-corrected chi connectivity index (χ2v) is 6.23. The Morgan fingerprint density at radius 3 is 2.60 bits per heavy atom. The van der Waals surface area contributed by atoms with Crippen molar-refractivity contribution in [2.45, 2.75) is 38.6 Å². The molecule has 4 heteroatoms. The molecule has 20 heavy (non-hydrogen) atoms. The lowest BCUT2D eigenvalue weighted by molar-refractivity contribution is -0.134. The Bertz CT molecular complexity index is 487. The number of benzene rings is 1. The van der Waals surface area contributed by atoms with Crippen LogP contribution in [0.1, 0.15) is 38.2 Å². The van der Waals surface area contributed by atoms with E-state index in [9.17, 15) is 4.79 Å². The smallest absolute Gasteiger partial charge is 0.226 e. The summed E-state index contributed by atoms with van der Waals surface area (Å²) in [5.74, 6) is 0.756. The predicted octanol–water partition coefficient (Wildman–Crippen LogP) is 2.70. The standard InChI is InChI=1S/C16H22N2OS/c1-11(2)18(9-8-15(17)20)16(19)14-10-13(14)12-6-4-3-5-7-12/h3-7,11,13-14H,8-10H2,1-2H3,(H2,17,20). The van der Waals surface area contributed by atoms with Crippen molar-refractivity contribution < 1.29 is 4.79 Å². The second-order valence-electron chi connectivity index (χ2n) is 5.70. The van der Waals surface area contributed by atoms with Crippen LogP contribution >= 0.6 is 12.2 Å². The summed E-state index contributed by atoms with van der Waals surface area (Å²) in [4.78, 5) is 15.0. The molecular formula is C16H22N2OS. The van der Waals surface area contributed by atoms with E-state index >= 15 is 0 Å². The van der Waals surface area contributed by atoms with Gasteiger partial charge in [0.05, 0.1) is 4.99 Å². The average molecular weight is 290 g/mol. The third-order valence-electron chi connectivity index (χ3n) is 3.84. The molecule has 0 heterocycles. The lowest BCUT2D eigenvalue weighted by Crippen LogP contribution is -2.40. The molecule has 3 nitrogen and oxygen atoms in total. The number of hydrogen-bond acceptors (Lipinski definition) is 2. The highest BCUT2D eigenvalue weighted by molar-refractivity contribution is 7.80. The molecule has 0 bridgehead atoms. The molecule has 2 rings (SSSR count). The van der Waals surface area contributed by atoms with Crippen LogP contribution in [0.15, 0.2) is 30.3 Å². The van der Waals surface area contributed by atoms with Crippen LogP contribution < -0.4 is 5.73 Å². The number of thiocarbonyl (C=S) groups is 1. The molecule has 108 valence electrons. The van der Waals surface area contributed by atoms with Crippen LogP contribution in [0, 0.1) is 5.92 Å². The molecule has 1 saturated carbocycles. The van der Waals surface area contributed by atoms with Gasteiger partial charge in [-0.05, 0) is 31.7 Å². The second kappa shape index (κ2) is 6.35. The Hall–Kier alpha value is -1.42. The van der Waals surface area contributed by atoms with Crippen LogP contribution in [0.25, 0.3) is 0 Å². The third kappa shape index (κ3) is 3.57. The van der Waals surface area contributed by atoms with Gasteiger partial charge in [-0.3, -0.25) is 4.79 Å². The first-order valence-corrected chi connectivity index (χ1v) is 7.55. The summed E-state index contributed by atoms with van der Waals surface area (Å²) >= 11 is 4.91. The van der Waals surface area contributed by atoms with Gasteiger partial charge >= 0.3 is 0 Å². The Labute approximate surface area is 126 Å². The summed E-state index contributed by atoms with van der Waals surface area (Å²) in [6.07, 6.45) is 1.56. The van der Waals surface area contributed by atoms with Gasteiger partial charge in [-0.15, -0.1) is 0 Å². The van der Waals surface area contributed by atoms with Crippen LogP contribution in [-0.2, 0) is 4.79 Å². The number of nitrogens with two attached hydrogens (primary N) is 1. The van der Waals surface area contributed by atoms with Crippen molar-refractivity contribution >= 4 is 23.1 Å². The molecule has 1 fully saturated rings. The molecule has 0 aliphatic heterocycles. The SMILES string of the molecule is CC(C)N(CCC(N)=S)C(=O)C1CC1c1ccccc1. The van der Waals surface area contributed by atoms with Crippen molar-refractivity contribution in [3.05, 3.63) is 35.9 Å². The normalized spacial score (nSPS) is 20.8. The zero-order valence-corrected chi connectivity index (χ0v) is 12.9.